The first kappa shape index (κ1) is 10.2. The van der Waals surface area contributed by atoms with Gasteiger partial charge in [0.1, 0.15) is 0 Å². The molecule has 2 heterocycles. The molecule has 2 aromatic heterocycles. The highest BCUT2D eigenvalue weighted by Gasteiger charge is 2.06. The number of thiazole rings is 1. The molecule has 3 aromatic rings. The number of fused-ring (bicyclic) bond motifs is 1. The van der Waals surface area contributed by atoms with E-state index < -0.39 is 0 Å². The first-order valence-corrected chi connectivity index (χ1v) is 5.97. The Balaban J connectivity index is 2.25. The Bertz CT molecular complexity index is 745. The van der Waals surface area contributed by atoms with E-state index in [-0.39, 0.29) is 5.56 Å². The molecule has 0 aliphatic rings. The second kappa shape index (κ2) is 3.78. The lowest BCUT2D eigenvalue weighted by Crippen LogP contribution is -2.09. The third-order valence-corrected chi connectivity index (χ3v) is 3.47. The molecule has 84 valence electrons. The molecule has 1 N–H and O–H groups in total. The van der Waals surface area contributed by atoms with E-state index in [0.29, 0.717) is 5.56 Å². The monoisotopic (exact) mass is 243 g/mol. The fourth-order valence-electron chi connectivity index (χ4n) is 1.78. The molecule has 1 aromatic carbocycles. The van der Waals surface area contributed by atoms with Gasteiger partial charge in [-0.2, -0.15) is 5.10 Å². The van der Waals surface area contributed by atoms with Gasteiger partial charge in [-0.25, -0.2) is 10.1 Å². The Labute approximate surface area is 101 Å². The van der Waals surface area contributed by atoms with Gasteiger partial charge in [0.25, 0.3) is 5.56 Å². The van der Waals surface area contributed by atoms with Crippen molar-refractivity contribution < 1.29 is 0 Å². The molecule has 0 aliphatic carbocycles. The normalized spacial score (nSPS) is 10.9. The quantitative estimate of drug-likeness (QED) is 0.713. The maximum absolute atomic E-state index is 11.6. The average molecular weight is 243 g/mol. The third kappa shape index (κ3) is 1.74. The zero-order valence-corrected chi connectivity index (χ0v) is 9.91. The van der Waals surface area contributed by atoms with Gasteiger partial charge in [-0.3, -0.25) is 4.79 Å². The van der Waals surface area contributed by atoms with Crippen LogP contribution in [0.4, 0.5) is 0 Å². The third-order valence-electron chi connectivity index (χ3n) is 2.53. The van der Waals surface area contributed by atoms with Crippen LogP contribution in [0.2, 0.25) is 0 Å². The number of nitrogens with zero attached hydrogens (tertiary/aromatic N) is 2. The molecule has 0 bridgehead atoms. The van der Waals surface area contributed by atoms with Gasteiger partial charge in [-0.1, -0.05) is 6.07 Å². The summed E-state index contributed by atoms with van der Waals surface area (Å²) in [5.41, 5.74) is 2.33. The van der Waals surface area contributed by atoms with Crippen molar-refractivity contribution in [2.24, 2.45) is 0 Å². The molecule has 4 nitrogen and oxygen atoms in total. The Morgan fingerprint density at radius 1 is 1.29 bits per heavy atom. The molecule has 0 saturated carbocycles. The van der Waals surface area contributed by atoms with E-state index in [0.717, 1.165) is 20.8 Å². The lowest BCUT2D eigenvalue weighted by molar-refractivity contribution is 0.992. The topological polar surface area (TPSA) is 58.6 Å². The highest BCUT2D eigenvalue weighted by Crippen LogP contribution is 2.26. The van der Waals surface area contributed by atoms with Crippen molar-refractivity contribution in [2.45, 2.75) is 6.92 Å². The van der Waals surface area contributed by atoms with Gasteiger partial charge in [-0.05, 0) is 30.7 Å². The van der Waals surface area contributed by atoms with Gasteiger partial charge in [-0.15, -0.1) is 11.3 Å². The SMILES string of the molecule is Cc1nc2ccc(-c3ccn[nH]c3=O)cc2s1. The van der Waals surface area contributed by atoms with Crippen molar-refractivity contribution in [3.8, 4) is 11.1 Å². The zero-order chi connectivity index (χ0) is 11.8. The number of H-pyrrole nitrogens is 1. The second-order valence-electron chi connectivity index (χ2n) is 3.71. The minimum absolute atomic E-state index is 0.173. The van der Waals surface area contributed by atoms with Gasteiger partial charge in [0.05, 0.1) is 20.8 Å². The minimum Gasteiger partial charge on any atom is -0.267 e. The molecule has 5 heteroatoms. The van der Waals surface area contributed by atoms with Crippen molar-refractivity contribution >= 4 is 21.6 Å². The van der Waals surface area contributed by atoms with Gasteiger partial charge < -0.3 is 0 Å². The molecule has 0 fully saturated rings. The van der Waals surface area contributed by atoms with Crippen LogP contribution in [0.15, 0.2) is 35.3 Å². The first-order chi connectivity index (χ1) is 8.24. The van der Waals surface area contributed by atoms with E-state index in [2.05, 4.69) is 15.2 Å². The zero-order valence-electron chi connectivity index (χ0n) is 9.10. The fraction of sp³-hybridized carbons (Fsp3) is 0.0833. The average Bonchev–Trinajstić information content (AvgIpc) is 2.68. The van der Waals surface area contributed by atoms with Gasteiger partial charge in [0, 0.05) is 6.20 Å². The minimum atomic E-state index is -0.173. The van der Waals surface area contributed by atoms with E-state index in [1.165, 1.54) is 0 Å². The van der Waals surface area contributed by atoms with Crippen molar-refractivity contribution in [1.82, 2.24) is 15.2 Å². The molecule has 0 radical (unpaired) electrons. The number of aryl methyl sites for hydroxylation is 1. The van der Waals surface area contributed by atoms with E-state index >= 15 is 0 Å². The molecular formula is C12H9N3OS. The Kier molecular flexibility index (Phi) is 2.26. The number of benzene rings is 1. The summed E-state index contributed by atoms with van der Waals surface area (Å²) in [4.78, 5) is 16.0. The summed E-state index contributed by atoms with van der Waals surface area (Å²) in [6.45, 7) is 1.98. The fourth-order valence-corrected chi connectivity index (χ4v) is 2.64. The number of aromatic amines is 1. The maximum Gasteiger partial charge on any atom is 0.272 e. The molecule has 0 atom stereocenters. The van der Waals surface area contributed by atoms with Crippen LogP contribution >= 0.6 is 11.3 Å². The molecule has 0 saturated heterocycles. The largest absolute Gasteiger partial charge is 0.272 e. The van der Waals surface area contributed by atoms with Crippen molar-refractivity contribution in [2.75, 3.05) is 0 Å². The summed E-state index contributed by atoms with van der Waals surface area (Å²) in [6.07, 6.45) is 1.58. The van der Waals surface area contributed by atoms with Crippen LogP contribution in [-0.4, -0.2) is 15.2 Å². The van der Waals surface area contributed by atoms with E-state index in [9.17, 15) is 4.79 Å². The lowest BCUT2D eigenvalue weighted by Gasteiger charge is -1.98. The predicted molar refractivity (Wildman–Crippen MR) is 68.2 cm³/mol. The highest BCUT2D eigenvalue weighted by atomic mass is 32.1. The highest BCUT2D eigenvalue weighted by molar-refractivity contribution is 7.18. The van der Waals surface area contributed by atoms with Crippen LogP contribution in [0.3, 0.4) is 0 Å². The molecule has 17 heavy (non-hydrogen) atoms. The standard InChI is InChI=1S/C12H9N3OS/c1-7-14-10-3-2-8(6-11(10)17-7)9-4-5-13-15-12(9)16/h2-6H,1H3,(H,15,16). The second-order valence-corrected chi connectivity index (χ2v) is 4.95. The number of hydrogen-bond acceptors (Lipinski definition) is 4. The smallest absolute Gasteiger partial charge is 0.267 e. The van der Waals surface area contributed by atoms with Crippen LogP contribution in [0.5, 0.6) is 0 Å². The molecule has 0 aliphatic heterocycles. The summed E-state index contributed by atoms with van der Waals surface area (Å²) >= 11 is 1.63. The molecule has 3 rings (SSSR count). The first-order valence-electron chi connectivity index (χ1n) is 5.15. The van der Waals surface area contributed by atoms with Crippen molar-refractivity contribution in [1.29, 1.82) is 0 Å². The van der Waals surface area contributed by atoms with E-state index in [1.807, 2.05) is 25.1 Å². The Hall–Kier alpha value is -2.01. The van der Waals surface area contributed by atoms with Crippen LogP contribution in [-0.2, 0) is 0 Å². The lowest BCUT2D eigenvalue weighted by atomic mass is 10.1. The number of rotatable bonds is 1. The van der Waals surface area contributed by atoms with Gasteiger partial charge in [0.15, 0.2) is 0 Å². The summed E-state index contributed by atoms with van der Waals surface area (Å²) in [5.74, 6) is 0. The summed E-state index contributed by atoms with van der Waals surface area (Å²) in [6, 6.07) is 7.55. The van der Waals surface area contributed by atoms with Crippen LogP contribution in [0, 0.1) is 6.92 Å². The summed E-state index contributed by atoms with van der Waals surface area (Å²) in [7, 11) is 0. The van der Waals surface area contributed by atoms with E-state index in [1.54, 1.807) is 23.6 Å². The molecular weight excluding hydrogens is 234 g/mol. The van der Waals surface area contributed by atoms with Crippen LogP contribution in [0.1, 0.15) is 5.01 Å². The van der Waals surface area contributed by atoms with Crippen LogP contribution in [0.25, 0.3) is 21.3 Å². The Morgan fingerprint density at radius 3 is 3.00 bits per heavy atom. The van der Waals surface area contributed by atoms with Gasteiger partial charge >= 0.3 is 0 Å². The summed E-state index contributed by atoms with van der Waals surface area (Å²) < 4.78 is 1.09. The van der Waals surface area contributed by atoms with Crippen LogP contribution < -0.4 is 5.56 Å². The van der Waals surface area contributed by atoms with Crippen molar-refractivity contribution in [3.63, 3.8) is 0 Å². The molecule has 0 amide bonds. The molecule has 0 spiro atoms. The van der Waals surface area contributed by atoms with Crippen molar-refractivity contribution in [3.05, 3.63) is 45.8 Å². The predicted octanol–water partition coefficient (Wildman–Crippen LogP) is 2.36. The maximum atomic E-state index is 11.6. The molecule has 0 unspecified atom stereocenters. The number of hydrogen-bond donors (Lipinski definition) is 1. The number of nitrogens with one attached hydrogen (secondary N) is 1. The van der Waals surface area contributed by atoms with E-state index in [4.69, 9.17) is 0 Å². The van der Waals surface area contributed by atoms with Gasteiger partial charge in [0.2, 0.25) is 0 Å². The number of aromatic nitrogens is 3. The summed E-state index contributed by atoms with van der Waals surface area (Å²) in [5, 5.41) is 7.15. The Morgan fingerprint density at radius 2 is 2.18 bits per heavy atom.